The number of rotatable bonds is 4. The molecule has 3 aromatic rings. The van der Waals surface area contributed by atoms with Crippen LogP contribution in [0.4, 0.5) is 0 Å². The van der Waals surface area contributed by atoms with E-state index in [1.807, 2.05) is 13.0 Å². The maximum atomic E-state index is 11.0. The van der Waals surface area contributed by atoms with Crippen molar-refractivity contribution in [2.75, 3.05) is 0 Å². The van der Waals surface area contributed by atoms with Gasteiger partial charge in [0.15, 0.2) is 0 Å². The lowest BCUT2D eigenvalue weighted by Crippen LogP contribution is -2.00. The number of hydrogen-bond donors (Lipinski definition) is 1. The number of carboxylic acids is 1. The van der Waals surface area contributed by atoms with Crippen LogP contribution in [0, 0.1) is 39.0 Å². The molecule has 3 rings (SSSR count). The second kappa shape index (κ2) is 7.58. The fourth-order valence-corrected chi connectivity index (χ4v) is 3.54. The van der Waals surface area contributed by atoms with Crippen LogP contribution in [-0.4, -0.2) is 15.6 Å². The highest BCUT2D eigenvalue weighted by Gasteiger charge is 2.12. The highest BCUT2D eigenvalue weighted by atomic mass is 16.4. The van der Waals surface area contributed by atoms with Gasteiger partial charge in [-0.1, -0.05) is 18.2 Å². The molecule has 4 nitrogen and oxygen atoms in total. The molecule has 0 saturated carbocycles. The first-order valence-corrected chi connectivity index (χ1v) is 9.03. The number of allylic oxidation sites excluding steroid dienone is 1. The fourth-order valence-electron chi connectivity index (χ4n) is 3.54. The Morgan fingerprint density at radius 3 is 2.07 bits per heavy atom. The van der Waals surface area contributed by atoms with Crippen LogP contribution in [0.15, 0.2) is 48.5 Å². The van der Waals surface area contributed by atoms with Crippen LogP contribution in [0.25, 0.3) is 17.3 Å². The molecular formula is C24H22N2O2. The number of carbonyl (C=O) groups is 1. The molecule has 0 spiro atoms. The number of hydrogen-bond acceptors (Lipinski definition) is 2. The minimum absolute atomic E-state index is 0.203. The molecule has 140 valence electrons. The number of aromatic nitrogens is 1. The third kappa shape index (κ3) is 3.74. The molecule has 0 saturated heterocycles. The number of benzene rings is 2. The van der Waals surface area contributed by atoms with Gasteiger partial charge in [-0.05, 0) is 86.4 Å². The Morgan fingerprint density at radius 1 is 0.964 bits per heavy atom. The molecule has 0 radical (unpaired) electrons. The summed E-state index contributed by atoms with van der Waals surface area (Å²) in [5, 5.41) is 18.7. The quantitative estimate of drug-likeness (QED) is 0.619. The molecule has 1 aromatic heterocycles. The molecule has 1 heterocycles. The molecule has 0 bridgehead atoms. The first kappa shape index (κ1) is 19.2. The van der Waals surface area contributed by atoms with Crippen molar-refractivity contribution in [1.29, 1.82) is 5.26 Å². The SMILES string of the molecule is Cc1cc(C)cc(-n2c(C)cc(/C=C(/C#N)c3ccc(C(=O)O)cc3)c2C)c1. The first-order valence-electron chi connectivity index (χ1n) is 9.03. The molecular weight excluding hydrogens is 348 g/mol. The van der Waals surface area contributed by atoms with E-state index in [-0.39, 0.29) is 5.56 Å². The Labute approximate surface area is 165 Å². The highest BCUT2D eigenvalue weighted by molar-refractivity contribution is 5.92. The predicted octanol–water partition coefficient (Wildman–Crippen LogP) is 5.47. The summed E-state index contributed by atoms with van der Waals surface area (Å²) in [7, 11) is 0. The number of aryl methyl sites for hydroxylation is 3. The number of aromatic carboxylic acids is 1. The van der Waals surface area contributed by atoms with E-state index < -0.39 is 5.97 Å². The molecule has 0 atom stereocenters. The second-order valence-corrected chi connectivity index (χ2v) is 7.06. The lowest BCUT2D eigenvalue weighted by molar-refractivity contribution is 0.0697. The van der Waals surface area contributed by atoms with Crippen molar-refractivity contribution in [1.82, 2.24) is 4.57 Å². The minimum atomic E-state index is -0.981. The smallest absolute Gasteiger partial charge is 0.335 e. The van der Waals surface area contributed by atoms with Gasteiger partial charge in [0.2, 0.25) is 0 Å². The molecule has 0 aliphatic carbocycles. The van der Waals surface area contributed by atoms with Crippen molar-refractivity contribution in [3.8, 4) is 11.8 Å². The standard InChI is InChI=1S/C24H22N2O2/c1-15-9-16(2)11-23(10-15)26-17(3)12-21(18(26)4)13-22(14-25)19-5-7-20(8-6-19)24(27)28/h5-13H,1-4H3,(H,27,28)/b22-13-. The van der Waals surface area contributed by atoms with E-state index in [0.29, 0.717) is 11.1 Å². The molecule has 2 aromatic carbocycles. The Morgan fingerprint density at radius 2 is 1.54 bits per heavy atom. The first-order chi connectivity index (χ1) is 13.3. The number of carboxylic acid groups (broad SMARTS) is 1. The van der Waals surface area contributed by atoms with Crippen LogP contribution < -0.4 is 0 Å². The zero-order chi connectivity index (χ0) is 20.4. The maximum Gasteiger partial charge on any atom is 0.335 e. The fraction of sp³-hybridized carbons (Fsp3) is 0.167. The van der Waals surface area contributed by atoms with Gasteiger partial charge in [-0.15, -0.1) is 0 Å². The van der Waals surface area contributed by atoms with Crippen molar-refractivity contribution >= 4 is 17.6 Å². The lowest BCUT2D eigenvalue weighted by Gasteiger charge is -2.12. The van der Waals surface area contributed by atoms with Gasteiger partial charge < -0.3 is 9.67 Å². The average Bonchev–Trinajstić information content (AvgIpc) is 2.92. The normalized spacial score (nSPS) is 11.3. The van der Waals surface area contributed by atoms with Gasteiger partial charge in [-0.3, -0.25) is 0 Å². The molecule has 4 heteroatoms. The largest absolute Gasteiger partial charge is 0.478 e. The van der Waals surface area contributed by atoms with E-state index in [1.54, 1.807) is 12.1 Å². The minimum Gasteiger partial charge on any atom is -0.478 e. The van der Waals surface area contributed by atoms with Crippen molar-refractivity contribution in [2.45, 2.75) is 27.7 Å². The summed E-state index contributed by atoms with van der Waals surface area (Å²) in [5.41, 5.74) is 8.03. The topological polar surface area (TPSA) is 66.0 Å². The summed E-state index contributed by atoms with van der Waals surface area (Å²) in [4.78, 5) is 11.0. The van der Waals surface area contributed by atoms with E-state index in [1.165, 1.54) is 23.3 Å². The summed E-state index contributed by atoms with van der Waals surface area (Å²) in [6, 6.07) is 17.1. The Bertz CT molecular complexity index is 1110. The molecule has 28 heavy (non-hydrogen) atoms. The van der Waals surface area contributed by atoms with Crippen LogP contribution in [0.5, 0.6) is 0 Å². The van der Waals surface area contributed by atoms with Gasteiger partial charge in [0, 0.05) is 17.1 Å². The van der Waals surface area contributed by atoms with Gasteiger partial charge in [0.05, 0.1) is 17.2 Å². The molecule has 0 amide bonds. The van der Waals surface area contributed by atoms with Crippen molar-refractivity contribution < 1.29 is 9.90 Å². The monoisotopic (exact) mass is 370 g/mol. The van der Waals surface area contributed by atoms with Gasteiger partial charge >= 0.3 is 5.97 Å². The molecule has 0 aliphatic heterocycles. The number of nitriles is 1. The molecule has 0 unspecified atom stereocenters. The van der Waals surface area contributed by atoms with E-state index in [2.05, 4.69) is 55.7 Å². The Kier molecular flexibility index (Phi) is 5.19. The Balaban J connectivity index is 2.06. The number of nitrogens with zero attached hydrogens (tertiary/aromatic N) is 2. The van der Waals surface area contributed by atoms with Crippen molar-refractivity contribution in [2.24, 2.45) is 0 Å². The zero-order valence-electron chi connectivity index (χ0n) is 16.4. The van der Waals surface area contributed by atoms with E-state index in [4.69, 9.17) is 5.11 Å². The lowest BCUT2D eigenvalue weighted by atomic mass is 10.0. The third-order valence-corrected chi connectivity index (χ3v) is 4.80. The summed E-state index contributed by atoms with van der Waals surface area (Å²) in [6.45, 7) is 8.26. The second-order valence-electron chi connectivity index (χ2n) is 7.06. The maximum absolute atomic E-state index is 11.0. The molecule has 0 aliphatic rings. The van der Waals surface area contributed by atoms with Crippen LogP contribution in [0.1, 0.15) is 44.0 Å². The molecule has 0 fully saturated rings. The van der Waals surface area contributed by atoms with Gasteiger partial charge in [0.1, 0.15) is 0 Å². The van der Waals surface area contributed by atoms with Crippen LogP contribution in [-0.2, 0) is 0 Å². The predicted molar refractivity (Wildman–Crippen MR) is 112 cm³/mol. The van der Waals surface area contributed by atoms with E-state index in [9.17, 15) is 10.1 Å². The van der Waals surface area contributed by atoms with E-state index in [0.717, 1.165) is 22.6 Å². The van der Waals surface area contributed by atoms with Crippen molar-refractivity contribution in [3.63, 3.8) is 0 Å². The van der Waals surface area contributed by atoms with Gasteiger partial charge in [-0.25, -0.2) is 4.79 Å². The average molecular weight is 370 g/mol. The van der Waals surface area contributed by atoms with Crippen LogP contribution >= 0.6 is 0 Å². The van der Waals surface area contributed by atoms with Crippen LogP contribution in [0.3, 0.4) is 0 Å². The third-order valence-electron chi connectivity index (χ3n) is 4.80. The van der Waals surface area contributed by atoms with Gasteiger partial charge in [0.25, 0.3) is 0 Å². The van der Waals surface area contributed by atoms with Crippen molar-refractivity contribution in [3.05, 3.63) is 87.7 Å². The van der Waals surface area contributed by atoms with Gasteiger partial charge in [-0.2, -0.15) is 5.26 Å². The highest BCUT2D eigenvalue weighted by Crippen LogP contribution is 2.26. The molecule has 1 N–H and O–H groups in total. The summed E-state index contributed by atoms with van der Waals surface area (Å²) >= 11 is 0. The Hall–Kier alpha value is -3.58. The zero-order valence-corrected chi connectivity index (χ0v) is 16.4. The summed E-state index contributed by atoms with van der Waals surface area (Å²) < 4.78 is 2.19. The van der Waals surface area contributed by atoms with Crippen LogP contribution in [0.2, 0.25) is 0 Å². The summed E-state index contributed by atoms with van der Waals surface area (Å²) in [5.74, 6) is -0.981. The van der Waals surface area contributed by atoms with E-state index >= 15 is 0 Å². The summed E-state index contributed by atoms with van der Waals surface area (Å²) in [6.07, 6.45) is 1.86.